The summed E-state index contributed by atoms with van der Waals surface area (Å²) >= 11 is 9.46. The highest BCUT2D eigenvalue weighted by Gasteiger charge is 2.07. The average molecular weight is 368 g/mol. The lowest BCUT2D eigenvalue weighted by atomic mass is 10.1. The molecule has 2 aromatic carbocycles. The highest BCUT2D eigenvalue weighted by atomic mass is 79.9. The number of aryl methyl sites for hydroxylation is 1. The Morgan fingerprint density at radius 2 is 1.95 bits per heavy atom. The van der Waals surface area contributed by atoms with E-state index in [9.17, 15) is 4.79 Å². The minimum absolute atomic E-state index is 0.131. The van der Waals surface area contributed by atoms with Crippen molar-refractivity contribution in [2.45, 2.75) is 13.3 Å². The van der Waals surface area contributed by atoms with Crippen LogP contribution in [0.25, 0.3) is 0 Å². The SMILES string of the molecule is CCc1cc(Br)ccc1NCC(=O)Nc1ccccc1Cl. The first-order chi connectivity index (χ1) is 10.1. The van der Waals surface area contributed by atoms with E-state index in [0.29, 0.717) is 10.7 Å². The van der Waals surface area contributed by atoms with Crippen LogP contribution in [0.4, 0.5) is 11.4 Å². The van der Waals surface area contributed by atoms with Crippen molar-refractivity contribution in [3.05, 3.63) is 57.5 Å². The molecule has 0 fully saturated rings. The largest absolute Gasteiger partial charge is 0.376 e. The molecular formula is C16H16BrClN2O. The summed E-state index contributed by atoms with van der Waals surface area (Å²) in [4.78, 5) is 12.0. The molecule has 0 spiro atoms. The van der Waals surface area contributed by atoms with Crippen LogP contribution in [0.5, 0.6) is 0 Å². The predicted octanol–water partition coefficient (Wildman–Crippen LogP) is 4.72. The van der Waals surface area contributed by atoms with Crippen LogP contribution in [-0.4, -0.2) is 12.5 Å². The molecule has 0 bridgehead atoms. The molecule has 0 saturated carbocycles. The molecule has 0 heterocycles. The second-order valence-corrected chi connectivity index (χ2v) is 5.86. The van der Waals surface area contributed by atoms with Crippen molar-refractivity contribution in [3.63, 3.8) is 0 Å². The lowest BCUT2D eigenvalue weighted by molar-refractivity contribution is -0.114. The summed E-state index contributed by atoms with van der Waals surface area (Å²) in [6.07, 6.45) is 0.897. The summed E-state index contributed by atoms with van der Waals surface area (Å²) in [5.74, 6) is -0.131. The van der Waals surface area contributed by atoms with Crippen molar-refractivity contribution >= 4 is 44.8 Å². The average Bonchev–Trinajstić information content (AvgIpc) is 2.48. The van der Waals surface area contributed by atoms with E-state index in [-0.39, 0.29) is 12.5 Å². The first kappa shape index (κ1) is 15.9. The van der Waals surface area contributed by atoms with Gasteiger partial charge in [0.1, 0.15) is 0 Å². The molecule has 0 radical (unpaired) electrons. The number of halogens is 2. The van der Waals surface area contributed by atoms with Gasteiger partial charge in [-0.3, -0.25) is 4.79 Å². The summed E-state index contributed by atoms with van der Waals surface area (Å²) in [6.45, 7) is 2.27. The maximum Gasteiger partial charge on any atom is 0.243 e. The molecule has 2 aromatic rings. The van der Waals surface area contributed by atoms with Crippen LogP contribution < -0.4 is 10.6 Å². The van der Waals surface area contributed by atoms with E-state index < -0.39 is 0 Å². The number of carbonyl (C=O) groups is 1. The molecule has 110 valence electrons. The van der Waals surface area contributed by atoms with Crippen LogP contribution in [0, 0.1) is 0 Å². The van der Waals surface area contributed by atoms with Gasteiger partial charge >= 0.3 is 0 Å². The molecule has 0 aliphatic rings. The fourth-order valence-electron chi connectivity index (χ4n) is 1.96. The van der Waals surface area contributed by atoms with Gasteiger partial charge < -0.3 is 10.6 Å². The van der Waals surface area contributed by atoms with Gasteiger partial charge in [0.25, 0.3) is 0 Å². The molecule has 1 amide bonds. The zero-order chi connectivity index (χ0) is 15.2. The smallest absolute Gasteiger partial charge is 0.243 e. The Bertz CT molecular complexity index is 646. The van der Waals surface area contributed by atoms with Gasteiger partial charge in [-0.1, -0.05) is 46.6 Å². The third-order valence-corrected chi connectivity index (χ3v) is 3.86. The summed E-state index contributed by atoms with van der Waals surface area (Å²) in [6, 6.07) is 13.1. The van der Waals surface area contributed by atoms with E-state index in [1.165, 1.54) is 0 Å². The van der Waals surface area contributed by atoms with Crippen molar-refractivity contribution in [2.24, 2.45) is 0 Å². The molecule has 0 aliphatic heterocycles. The van der Waals surface area contributed by atoms with Crippen LogP contribution >= 0.6 is 27.5 Å². The van der Waals surface area contributed by atoms with Gasteiger partial charge in [-0.15, -0.1) is 0 Å². The third-order valence-electron chi connectivity index (χ3n) is 3.04. The monoisotopic (exact) mass is 366 g/mol. The van der Waals surface area contributed by atoms with Gasteiger partial charge in [0.2, 0.25) is 5.91 Å². The molecule has 0 aromatic heterocycles. The lowest BCUT2D eigenvalue weighted by Gasteiger charge is -2.12. The fraction of sp³-hybridized carbons (Fsp3) is 0.188. The Balaban J connectivity index is 1.97. The summed E-state index contributed by atoms with van der Waals surface area (Å²) in [5.41, 5.74) is 2.75. The maximum atomic E-state index is 12.0. The summed E-state index contributed by atoms with van der Waals surface area (Å²) in [5, 5.41) is 6.47. The van der Waals surface area contributed by atoms with E-state index in [0.717, 1.165) is 22.1 Å². The second kappa shape index (κ2) is 7.48. The zero-order valence-electron chi connectivity index (χ0n) is 11.6. The lowest BCUT2D eigenvalue weighted by Crippen LogP contribution is -2.22. The molecule has 3 nitrogen and oxygen atoms in total. The van der Waals surface area contributed by atoms with Crippen molar-refractivity contribution in [3.8, 4) is 0 Å². The molecular weight excluding hydrogens is 352 g/mol. The van der Waals surface area contributed by atoms with Gasteiger partial charge in [-0.25, -0.2) is 0 Å². The Morgan fingerprint density at radius 3 is 2.67 bits per heavy atom. The number of hydrogen-bond donors (Lipinski definition) is 2. The van der Waals surface area contributed by atoms with Gasteiger partial charge in [0.15, 0.2) is 0 Å². The molecule has 0 atom stereocenters. The van der Waals surface area contributed by atoms with Gasteiger partial charge in [-0.2, -0.15) is 0 Å². The first-order valence-electron chi connectivity index (χ1n) is 6.67. The van der Waals surface area contributed by atoms with E-state index in [1.54, 1.807) is 12.1 Å². The van der Waals surface area contributed by atoms with Crippen LogP contribution in [0.2, 0.25) is 5.02 Å². The number of para-hydroxylation sites is 1. The van der Waals surface area contributed by atoms with Crippen LogP contribution in [0.3, 0.4) is 0 Å². The number of hydrogen-bond acceptors (Lipinski definition) is 2. The highest BCUT2D eigenvalue weighted by Crippen LogP contribution is 2.22. The van der Waals surface area contributed by atoms with Gasteiger partial charge in [0.05, 0.1) is 17.3 Å². The van der Waals surface area contributed by atoms with E-state index >= 15 is 0 Å². The van der Waals surface area contributed by atoms with E-state index in [4.69, 9.17) is 11.6 Å². The molecule has 0 unspecified atom stereocenters. The Labute approximate surface area is 137 Å². The second-order valence-electron chi connectivity index (χ2n) is 4.54. The Kier molecular flexibility index (Phi) is 5.65. The van der Waals surface area contributed by atoms with E-state index in [1.807, 2.05) is 30.3 Å². The normalized spacial score (nSPS) is 10.2. The molecule has 2 rings (SSSR count). The predicted molar refractivity (Wildman–Crippen MR) is 92.1 cm³/mol. The zero-order valence-corrected chi connectivity index (χ0v) is 14.0. The minimum atomic E-state index is -0.131. The van der Waals surface area contributed by atoms with Crippen molar-refractivity contribution in [2.75, 3.05) is 17.2 Å². The van der Waals surface area contributed by atoms with Gasteiger partial charge in [0, 0.05) is 10.2 Å². The Hall–Kier alpha value is -1.52. The number of nitrogens with one attached hydrogen (secondary N) is 2. The van der Waals surface area contributed by atoms with Crippen LogP contribution in [-0.2, 0) is 11.2 Å². The number of rotatable bonds is 5. The van der Waals surface area contributed by atoms with Crippen LogP contribution in [0.1, 0.15) is 12.5 Å². The molecule has 21 heavy (non-hydrogen) atoms. The topological polar surface area (TPSA) is 41.1 Å². The van der Waals surface area contributed by atoms with Crippen LogP contribution in [0.15, 0.2) is 46.9 Å². The highest BCUT2D eigenvalue weighted by molar-refractivity contribution is 9.10. The first-order valence-corrected chi connectivity index (χ1v) is 7.84. The Morgan fingerprint density at radius 1 is 1.19 bits per heavy atom. The summed E-state index contributed by atoms with van der Waals surface area (Å²) < 4.78 is 1.03. The fourth-order valence-corrected chi connectivity index (χ4v) is 2.55. The summed E-state index contributed by atoms with van der Waals surface area (Å²) in [7, 11) is 0. The quantitative estimate of drug-likeness (QED) is 0.803. The minimum Gasteiger partial charge on any atom is -0.376 e. The van der Waals surface area contributed by atoms with Crippen molar-refractivity contribution < 1.29 is 4.79 Å². The molecule has 2 N–H and O–H groups in total. The molecule has 0 aliphatic carbocycles. The maximum absolute atomic E-state index is 12.0. The molecule has 0 saturated heterocycles. The standard InChI is InChI=1S/C16H16BrClN2O/c1-2-11-9-12(17)7-8-14(11)19-10-16(21)20-15-6-4-3-5-13(15)18/h3-9,19H,2,10H2,1H3,(H,20,21). The number of benzene rings is 2. The number of anilines is 2. The molecule has 5 heteroatoms. The van der Waals surface area contributed by atoms with Crippen molar-refractivity contribution in [1.82, 2.24) is 0 Å². The number of amides is 1. The number of carbonyl (C=O) groups excluding carboxylic acids is 1. The van der Waals surface area contributed by atoms with Crippen molar-refractivity contribution in [1.29, 1.82) is 0 Å². The third kappa shape index (κ3) is 4.48. The van der Waals surface area contributed by atoms with E-state index in [2.05, 4.69) is 33.5 Å². The van der Waals surface area contributed by atoms with Gasteiger partial charge in [-0.05, 0) is 42.3 Å².